The third kappa shape index (κ3) is 3.61. The zero-order chi connectivity index (χ0) is 21.1. The van der Waals surface area contributed by atoms with Gasteiger partial charge in [-0.1, -0.05) is 0 Å². The number of hydrogen-bond acceptors (Lipinski definition) is 5. The van der Waals surface area contributed by atoms with E-state index in [9.17, 15) is 31.5 Å². The van der Waals surface area contributed by atoms with Crippen molar-refractivity contribution < 1.29 is 35.7 Å². The van der Waals surface area contributed by atoms with Crippen LogP contribution >= 0.6 is 0 Å². The number of halogens is 3. The molecular formula is C19H22F3NO5S. The molecule has 1 N–H and O–H groups in total. The van der Waals surface area contributed by atoms with E-state index in [0.29, 0.717) is 31.5 Å². The van der Waals surface area contributed by atoms with E-state index in [0.717, 1.165) is 0 Å². The summed E-state index contributed by atoms with van der Waals surface area (Å²) < 4.78 is 68.0. The first-order chi connectivity index (χ1) is 13.5. The smallest absolute Gasteiger partial charge is 0.382 e. The van der Waals surface area contributed by atoms with E-state index >= 15 is 0 Å². The molecule has 0 atom stereocenters. The van der Waals surface area contributed by atoms with Gasteiger partial charge < -0.3 is 14.2 Å². The van der Waals surface area contributed by atoms with Gasteiger partial charge in [0, 0.05) is 12.2 Å². The van der Waals surface area contributed by atoms with Crippen molar-refractivity contribution in [2.24, 2.45) is 5.41 Å². The summed E-state index contributed by atoms with van der Waals surface area (Å²) in [5, 5.41) is 9.42. The molecule has 0 unspecified atom stereocenters. The van der Waals surface area contributed by atoms with E-state index in [4.69, 9.17) is 4.18 Å². The largest absolute Gasteiger partial charge is 0.417 e. The Kier molecular flexibility index (Phi) is 4.65. The highest BCUT2D eigenvalue weighted by atomic mass is 32.2. The summed E-state index contributed by atoms with van der Waals surface area (Å²) in [6, 6.07) is 6.08. The number of rotatable bonds is 4. The highest BCUT2D eigenvalue weighted by Gasteiger charge is 2.60. The second kappa shape index (κ2) is 6.60. The average molecular weight is 433 g/mol. The lowest BCUT2D eigenvalue weighted by atomic mass is 9.67. The Hall–Kier alpha value is -1.81. The molecule has 6 nitrogen and oxygen atoms in total. The molecule has 4 rings (SSSR count). The standard InChI is InChI=1S/C19H22F3NO5S/c20-19(21,22)18(25)9-7-17(8-10-18)11-12-23(16(17)24)13-1-3-14(4-2-13)28-29(26,27)15-5-6-15/h1-4,15,25H,5-12H2/t17-,18+. The maximum Gasteiger partial charge on any atom is 0.417 e. The van der Waals surface area contributed by atoms with Crippen molar-refractivity contribution in [2.45, 2.75) is 62.0 Å². The van der Waals surface area contributed by atoms with Crippen molar-refractivity contribution in [3.63, 3.8) is 0 Å². The number of hydrogen-bond donors (Lipinski definition) is 1. The van der Waals surface area contributed by atoms with Crippen molar-refractivity contribution in [2.75, 3.05) is 11.4 Å². The third-order valence-electron chi connectivity index (χ3n) is 6.37. The van der Waals surface area contributed by atoms with Crippen LogP contribution in [0.2, 0.25) is 0 Å². The van der Waals surface area contributed by atoms with Gasteiger partial charge in [-0.05, 0) is 69.2 Å². The monoisotopic (exact) mass is 433 g/mol. The fourth-order valence-electron chi connectivity index (χ4n) is 4.20. The Morgan fingerprint density at radius 1 is 1.03 bits per heavy atom. The van der Waals surface area contributed by atoms with Crippen LogP contribution in [0.3, 0.4) is 0 Å². The zero-order valence-corrected chi connectivity index (χ0v) is 16.4. The second-order valence-electron chi connectivity index (χ2n) is 8.29. The van der Waals surface area contributed by atoms with Crippen molar-refractivity contribution in [1.29, 1.82) is 0 Å². The summed E-state index contributed by atoms with van der Waals surface area (Å²) >= 11 is 0. The third-order valence-corrected chi connectivity index (χ3v) is 8.08. The zero-order valence-electron chi connectivity index (χ0n) is 15.6. The highest BCUT2D eigenvalue weighted by molar-refractivity contribution is 7.88. The molecule has 0 bridgehead atoms. The van der Waals surface area contributed by atoms with Gasteiger partial charge in [0.25, 0.3) is 0 Å². The summed E-state index contributed by atoms with van der Waals surface area (Å²) in [6.07, 6.45) is -4.09. The van der Waals surface area contributed by atoms with Gasteiger partial charge in [0.2, 0.25) is 5.91 Å². The van der Waals surface area contributed by atoms with Crippen LogP contribution in [-0.4, -0.2) is 43.0 Å². The van der Waals surface area contributed by atoms with Crippen molar-refractivity contribution in [3.05, 3.63) is 24.3 Å². The summed E-state index contributed by atoms with van der Waals surface area (Å²) in [5.74, 6) is -0.0871. The Morgan fingerprint density at radius 2 is 1.62 bits per heavy atom. The van der Waals surface area contributed by atoms with E-state index in [1.807, 2.05) is 0 Å². The molecule has 2 saturated carbocycles. The van der Waals surface area contributed by atoms with Crippen LogP contribution in [0.5, 0.6) is 5.75 Å². The van der Waals surface area contributed by atoms with Gasteiger partial charge in [-0.25, -0.2) is 0 Å². The van der Waals surface area contributed by atoms with Gasteiger partial charge in [0.15, 0.2) is 5.60 Å². The number of anilines is 1. The number of aliphatic hydroxyl groups is 1. The summed E-state index contributed by atoms with van der Waals surface area (Å²) in [6.45, 7) is 0.365. The first-order valence-electron chi connectivity index (χ1n) is 9.60. The maximum atomic E-state index is 13.0. The molecule has 0 aromatic heterocycles. The SMILES string of the molecule is O=C1N(c2ccc(OS(=O)(=O)C3CC3)cc2)CC[C@]12CC[C@@](O)(C(F)(F)F)CC2. The molecule has 29 heavy (non-hydrogen) atoms. The lowest BCUT2D eigenvalue weighted by molar-refractivity contribution is -0.274. The quantitative estimate of drug-likeness (QED) is 0.738. The van der Waals surface area contributed by atoms with Crippen LogP contribution in [0.15, 0.2) is 24.3 Å². The molecule has 1 spiro atoms. The van der Waals surface area contributed by atoms with Gasteiger partial charge in [-0.15, -0.1) is 0 Å². The van der Waals surface area contributed by atoms with Crippen LogP contribution in [0.1, 0.15) is 44.9 Å². The molecule has 1 amide bonds. The number of carbonyl (C=O) groups is 1. The lowest BCUT2D eigenvalue weighted by Gasteiger charge is -2.41. The van der Waals surface area contributed by atoms with Crippen LogP contribution in [0, 0.1) is 5.41 Å². The average Bonchev–Trinajstić information content (AvgIpc) is 3.45. The predicted octanol–water partition coefficient (Wildman–Crippen LogP) is 3.15. The van der Waals surface area contributed by atoms with Crippen molar-refractivity contribution in [3.8, 4) is 5.75 Å². The first-order valence-corrected chi connectivity index (χ1v) is 11.1. The van der Waals surface area contributed by atoms with E-state index in [2.05, 4.69) is 0 Å². The Bertz CT molecular complexity index is 901. The first kappa shape index (κ1) is 20.5. The van der Waals surface area contributed by atoms with Gasteiger partial charge in [-0.3, -0.25) is 4.79 Å². The Balaban J connectivity index is 1.44. The van der Waals surface area contributed by atoms with Gasteiger partial charge >= 0.3 is 16.3 Å². The minimum absolute atomic E-state index is 0.0147. The molecule has 1 aliphatic heterocycles. The number of benzene rings is 1. The lowest BCUT2D eigenvalue weighted by Crippen LogP contribution is -2.51. The summed E-state index contributed by atoms with van der Waals surface area (Å²) in [5.41, 5.74) is -3.07. The van der Waals surface area contributed by atoms with Gasteiger partial charge in [-0.2, -0.15) is 21.6 Å². The molecule has 1 saturated heterocycles. The van der Waals surface area contributed by atoms with Crippen molar-refractivity contribution in [1.82, 2.24) is 0 Å². The Labute approximate surface area is 166 Å². The second-order valence-corrected chi connectivity index (χ2v) is 10.1. The molecule has 10 heteroatoms. The normalized spacial score (nSPS) is 30.8. The van der Waals surface area contributed by atoms with Crippen molar-refractivity contribution >= 4 is 21.7 Å². The molecule has 1 heterocycles. The van der Waals surface area contributed by atoms with Crippen LogP contribution in [-0.2, 0) is 14.9 Å². The number of nitrogens with zero attached hydrogens (tertiary/aromatic N) is 1. The number of alkyl halides is 3. The minimum Gasteiger partial charge on any atom is -0.382 e. The molecule has 160 valence electrons. The Morgan fingerprint density at radius 3 is 2.14 bits per heavy atom. The molecule has 1 aromatic rings. The number of amides is 1. The molecule has 3 aliphatic rings. The van der Waals surface area contributed by atoms with E-state index in [1.165, 1.54) is 17.0 Å². The molecule has 0 radical (unpaired) electrons. The van der Waals surface area contributed by atoms with Crippen LogP contribution in [0.4, 0.5) is 18.9 Å². The van der Waals surface area contributed by atoms with Gasteiger partial charge in [0.05, 0.1) is 10.7 Å². The van der Waals surface area contributed by atoms with Crippen LogP contribution < -0.4 is 9.08 Å². The fourth-order valence-corrected chi connectivity index (χ4v) is 5.43. The highest BCUT2D eigenvalue weighted by Crippen LogP contribution is 2.52. The van der Waals surface area contributed by atoms with E-state index < -0.39 is 45.4 Å². The molecule has 2 aliphatic carbocycles. The summed E-state index contributed by atoms with van der Waals surface area (Å²) in [7, 11) is -3.62. The van der Waals surface area contributed by atoms with E-state index in [1.54, 1.807) is 12.1 Å². The predicted molar refractivity (Wildman–Crippen MR) is 97.9 cm³/mol. The fraction of sp³-hybridized carbons (Fsp3) is 0.632. The topological polar surface area (TPSA) is 83.9 Å². The van der Waals surface area contributed by atoms with Gasteiger partial charge in [0.1, 0.15) is 5.75 Å². The maximum absolute atomic E-state index is 13.0. The molecule has 1 aromatic carbocycles. The molecular weight excluding hydrogens is 411 g/mol. The summed E-state index contributed by atoms with van der Waals surface area (Å²) in [4.78, 5) is 14.5. The molecule has 3 fully saturated rings. The number of carbonyl (C=O) groups excluding carboxylic acids is 1. The minimum atomic E-state index is -4.70. The van der Waals surface area contributed by atoms with Crippen LogP contribution in [0.25, 0.3) is 0 Å². The van der Waals surface area contributed by atoms with E-state index in [-0.39, 0.29) is 24.5 Å².